The molecule has 130 valence electrons. The van der Waals surface area contributed by atoms with Gasteiger partial charge in [-0.05, 0) is 50.8 Å². The van der Waals surface area contributed by atoms with Crippen LogP contribution in [0.4, 0.5) is 11.4 Å². The first-order valence-corrected chi connectivity index (χ1v) is 8.71. The molecule has 2 N–H and O–H groups in total. The van der Waals surface area contributed by atoms with Gasteiger partial charge < -0.3 is 20.3 Å². The summed E-state index contributed by atoms with van der Waals surface area (Å²) in [7, 11) is 0. The van der Waals surface area contributed by atoms with Gasteiger partial charge in [0, 0.05) is 31.1 Å². The fourth-order valence-corrected chi connectivity index (χ4v) is 3.16. The summed E-state index contributed by atoms with van der Waals surface area (Å²) in [6, 6.07) is 7.25. The topological polar surface area (TPSA) is 70.7 Å². The van der Waals surface area contributed by atoms with E-state index in [-0.39, 0.29) is 11.8 Å². The molecule has 2 heterocycles. The van der Waals surface area contributed by atoms with Gasteiger partial charge in [0.2, 0.25) is 11.8 Å². The minimum atomic E-state index is -0.600. The summed E-state index contributed by atoms with van der Waals surface area (Å²) in [5, 5.41) is 5.61. The van der Waals surface area contributed by atoms with Gasteiger partial charge in [-0.3, -0.25) is 9.59 Å². The third kappa shape index (κ3) is 4.06. The van der Waals surface area contributed by atoms with Crippen molar-refractivity contribution in [2.75, 3.05) is 29.9 Å². The number of hydrogen-bond donors (Lipinski definition) is 2. The summed E-state index contributed by atoms with van der Waals surface area (Å²) in [5.74, 6) is -0.430. The van der Waals surface area contributed by atoms with Crippen LogP contribution in [0, 0.1) is 0 Å². The van der Waals surface area contributed by atoms with E-state index in [0.29, 0.717) is 6.61 Å². The molecule has 2 atom stereocenters. The average molecular weight is 331 g/mol. The Morgan fingerprint density at radius 1 is 1.25 bits per heavy atom. The predicted octanol–water partition coefficient (Wildman–Crippen LogP) is 1.91. The number of ether oxygens (including phenoxy) is 1. The summed E-state index contributed by atoms with van der Waals surface area (Å²) >= 11 is 0. The predicted molar refractivity (Wildman–Crippen MR) is 93.1 cm³/mol. The van der Waals surface area contributed by atoms with Crippen molar-refractivity contribution in [3.05, 3.63) is 24.3 Å². The second-order valence-corrected chi connectivity index (χ2v) is 6.47. The minimum Gasteiger partial charge on any atom is -0.371 e. The SMILES string of the molecule is CC(NC(=O)C1CCCO1)C(=O)Nc1cccc(N2CCCC2)c1. The Labute approximate surface area is 142 Å². The zero-order valence-corrected chi connectivity index (χ0v) is 14.1. The minimum absolute atomic E-state index is 0.207. The first-order valence-electron chi connectivity index (χ1n) is 8.71. The first kappa shape index (κ1) is 16.8. The van der Waals surface area contributed by atoms with Crippen molar-refractivity contribution in [3.63, 3.8) is 0 Å². The molecule has 2 amide bonds. The van der Waals surface area contributed by atoms with E-state index in [2.05, 4.69) is 21.6 Å². The van der Waals surface area contributed by atoms with E-state index >= 15 is 0 Å². The Bertz CT molecular complexity index is 593. The van der Waals surface area contributed by atoms with E-state index < -0.39 is 12.1 Å². The fourth-order valence-electron chi connectivity index (χ4n) is 3.16. The van der Waals surface area contributed by atoms with Crippen LogP contribution in [0.1, 0.15) is 32.6 Å². The molecule has 0 radical (unpaired) electrons. The van der Waals surface area contributed by atoms with Gasteiger partial charge in [0.15, 0.2) is 0 Å². The highest BCUT2D eigenvalue weighted by Gasteiger charge is 2.26. The Kier molecular flexibility index (Phi) is 5.35. The van der Waals surface area contributed by atoms with Gasteiger partial charge >= 0.3 is 0 Å². The van der Waals surface area contributed by atoms with E-state index in [1.165, 1.54) is 12.8 Å². The van der Waals surface area contributed by atoms with Gasteiger partial charge in [-0.1, -0.05) is 6.07 Å². The van der Waals surface area contributed by atoms with Crippen molar-refractivity contribution in [2.24, 2.45) is 0 Å². The number of rotatable bonds is 5. The zero-order valence-electron chi connectivity index (χ0n) is 14.1. The Morgan fingerprint density at radius 3 is 2.75 bits per heavy atom. The van der Waals surface area contributed by atoms with Crippen LogP contribution in [0.25, 0.3) is 0 Å². The Morgan fingerprint density at radius 2 is 2.04 bits per heavy atom. The van der Waals surface area contributed by atoms with Crippen LogP contribution in [-0.4, -0.2) is 43.7 Å². The van der Waals surface area contributed by atoms with Crippen LogP contribution in [0.15, 0.2) is 24.3 Å². The van der Waals surface area contributed by atoms with Crippen LogP contribution in [0.3, 0.4) is 0 Å². The number of hydrogen-bond acceptors (Lipinski definition) is 4. The molecule has 1 aromatic carbocycles. The molecular formula is C18H25N3O3. The second kappa shape index (κ2) is 7.66. The van der Waals surface area contributed by atoms with E-state index in [1.807, 2.05) is 18.2 Å². The lowest BCUT2D eigenvalue weighted by molar-refractivity contribution is -0.133. The molecule has 0 spiro atoms. The van der Waals surface area contributed by atoms with Gasteiger partial charge in [0.05, 0.1) is 0 Å². The van der Waals surface area contributed by atoms with Gasteiger partial charge in [0.25, 0.3) is 0 Å². The standard InChI is InChI=1S/C18H25N3O3/c1-13(19-18(23)16-8-5-11-24-16)17(22)20-14-6-4-7-15(12-14)21-9-2-3-10-21/h4,6-7,12-13,16H,2-3,5,8-11H2,1H3,(H,19,23)(H,20,22). The third-order valence-corrected chi connectivity index (χ3v) is 4.56. The number of benzene rings is 1. The maximum absolute atomic E-state index is 12.3. The van der Waals surface area contributed by atoms with Crippen LogP contribution in [0.2, 0.25) is 0 Å². The summed E-state index contributed by atoms with van der Waals surface area (Å²) in [5.41, 5.74) is 1.88. The molecule has 1 aromatic rings. The molecule has 2 aliphatic heterocycles. The summed E-state index contributed by atoms with van der Waals surface area (Å²) < 4.78 is 5.34. The molecule has 2 unspecified atom stereocenters. The number of nitrogens with zero attached hydrogens (tertiary/aromatic N) is 1. The lowest BCUT2D eigenvalue weighted by Crippen LogP contribution is -2.45. The lowest BCUT2D eigenvalue weighted by atomic mass is 10.2. The molecule has 0 aromatic heterocycles. The lowest BCUT2D eigenvalue weighted by Gasteiger charge is -2.20. The highest BCUT2D eigenvalue weighted by Crippen LogP contribution is 2.23. The third-order valence-electron chi connectivity index (χ3n) is 4.56. The molecular weight excluding hydrogens is 306 g/mol. The second-order valence-electron chi connectivity index (χ2n) is 6.47. The maximum atomic E-state index is 12.3. The first-order chi connectivity index (χ1) is 11.6. The normalized spacial score (nSPS) is 21.5. The quantitative estimate of drug-likeness (QED) is 0.865. The fraction of sp³-hybridized carbons (Fsp3) is 0.556. The molecule has 3 rings (SSSR count). The van der Waals surface area contributed by atoms with Gasteiger partial charge in [-0.15, -0.1) is 0 Å². The molecule has 6 heteroatoms. The van der Waals surface area contributed by atoms with E-state index in [9.17, 15) is 9.59 Å². The zero-order chi connectivity index (χ0) is 16.9. The molecule has 2 aliphatic rings. The van der Waals surface area contributed by atoms with Crippen molar-refractivity contribution in [1.82, 2.24) is 5.32 Å². The van der Waals surface area contributed by atoms with E-state index in [0.717, 1.165) is 37.3 Å². The van der Waals surface area contributed by atoms with Crippen molar-refractivity contribution in [2.45, 2.75) is 44.8 Å². The van der Waals surface area contributed by atoms with Crippen molar-refractivity contribution < 1.29 is 14.3 Å². The molecule has 0 bridgehead atoms. The molecule has 2 saturated heterocycles. The number of nitrogens with one attached hydrogen (secondary N) is 2. The summed E-state index contributed by atoms with van der Waals surface area (Å²) in [6.07, 6.45) is 3.62. The number of amides is 2. The van der Waals surface area contributed by atoms with Crippen LogP contribution >= 0.6 is 0 Å². The van der Waals surface area contributed by atoms with Gasteiger partial charge in [-0.25, -0.2) is 0 Å². The summed E-state index contributed by atoms with van der Waals surface area (Å²) in [6.45, 7) is 4.42. The Balaban J connectivity index is 1.55. The smallest absolute Gasteiger partial charge is 0.249 e. The van der Waals surface area contributed by atoms with Gasteiger partial charge in [0.1, 0.15) is 12.1 Å². The summed E-state index contributed by atoms with van der Waals surface area (Å²) in [4.78, 5) is 26.7. The van der Waals surface area contributed by atoms with Crippen LogP contribution in [0.5, 0.6) is 0 Å². The van der Waals surface area contributed by atoms with E-state index in [1.54, 1.807) is 6.92 Å². The largest absolute Gasteiger partial charge is 0.371 e. The molecule has 0 aliphatic carbocycles. The molecule has 2 fully saturated rings. The van der Waals surface area contributed by atoms with E-state index in [4.69, 9.17) is 4.74 Å². The molecule has 24 heavy (non-hydrogen) atoms. The number of carbonyl (C=O) groups excluding carboxylic acids is 2. The average Bonchev–Trinajstić information content (AvgIpc) is 3.28. The highest BCUT2D eigenvalue weighted by molar-refractivity contribution is 5.97. The van der Waals surface area contributed by atoms with Gasteiger partial charge in [-0.2, -0.15) is 0 Å². The number of anilines is 2. The van der Waals surface area contributed by atoms with Crippen LogP contribution in [-0.2, 0) is 14.3 Å². The highest BCUT2D eigenvalue weighted by atomic mass is 16.5. The van der Waals surface area contributed by atoms with Crippen molar-refractivity contribution in [1.29, 1.82) is 0 Å². The van der Waals surface area contributed by atoms with Crippen molar-refractivity contribution in [3.8, 4) is 0 Å². The van der Waals surface area contributed by atoms with Crippen LogP contribution < -0.4 is 15.5 Å². The maximum Gasteiger partial charge on any atom is 0.249 e. The van der Waals surface area contributed by atoms with Crippen molar-refractivity contribution >= 4 is 23.2 Å². The molecule has 0 saturated carbocycles. The monoisotopic (exact) mass is 331 g/mol. The Hall–Kier alpha value is -2.08. The molecule has 6 nitrogen and oxygen atoms in total. The number of carbonyl (C=O) groups is 2.